The maximum absolute atomic E-state index is 12.5. The number of carbonyl (C=O) groups is 1. The Morgan fingerprint density at radius 2 is 1.93 bits per heavy atom. The molecule has 1 aromatic heterocycles. The van der Waals surface area contributed by atoms with Crippen molar-refractivity contribution in [2.75, 3.05) is 0 Å². The van der Waals surface area contributed by atoms with Crippen molar-refractivity contribution < 1.29 is 15.0 Å². The highest BCUT2D eigenvalue weighted by Crippen LogP contribution is 2.35. The average molecular weight is 470 g/mol. The zero-order valence-corrected chi connectivity index (χ0v) is 17.0. The number of carboxylic acid groups (broad SMARTS) is 1. The maximum Gasteiger partial charge on any atom is 0.335 e. The Hall–Kier alpha value is -3.30. The number of aromatic nitrogens is 2. The van der Waals surface area contributed by atoms with Crippen LogP contribution in [0.3, 0.4) is 0 Å². The minimum Gasteiger partial charge on any atom is -0.494 e. The van der Waals surface area contributed by atoms with E-state index in [4.69, 9.17) is 17.3 Å². The first kappa shape index (κ1) is 19.0. The fraction of sp³-hybridized carbons (Fsp3) is 0. The molecule has 2 heterocycles. The number of carboxylic acids is 1. The summed E-state index contributed by atoms with van der Waals surface area (Å²) in [4.78, 5) is 30.4. The van der Waals surface area contributed by atoms with Gasteiger partial charge >= 0.3 is 5.97 Å². The van der Waals surface area contributed by atoms with Crippen molar-refractivity contribution in [1.82, 2.24) is 9.55 Å². The first-order chi connectivity index (χ1) is 13.8. The Kier molecular flexibility index (Phi) is 4.77. The average Bonchev–Trinajstić information content (AvgIpc) is 3.07. The lowest BCUT2D eigenvalue weighted by atomic mass is 10.1. The van der Waals surface area contributed by atoms with Gasteiger partial charge in [-0.2, -0.15) is 0 Å². The molecular weight excluding hydrogens is 458 g/mol. The molecule has 0 amide bonds. The molecule has 1 aliphatic rings. The molecule has 7 nitrogen and oxygen atoms in total. The third-order valence-electron chi connectivity index (χ3n) is 4.41. The van der Waals surface area contributed by atoms with E-state index >= 15 is 0 Å². The van der Waals surface area contributed by atoms with Crippen molar-refractivity contribution >= 4 is 57.7 Å². The van der Waals surface area contributed by atoms with E-state index < -0.39 is 11.5 Å². The SMILES string of the molecule is O=C(O)c1ccc(-n2c(O)c(C=C3C=Nc4ccc(Br)cc43)c(=O)[nH]c2=S)cc1. The second-order valence-electron chi connectivity index (χ2n) is 6.20. The highest BCUT2D eigenvalue weighted by atomic mass is 79.9. The first-order valence-electron chi connectivity index (χ1n) is 8.33. The number of halogens is 1. The lowest BCUT2D eigenvalue weighted by molar-refractivity contribution is 0.0697. The summed E-state index contributed by atoms with van der Waals surface area (Å²) in [6, 6.07) is 11.4. The zero-order valence-electron chi connectivity index (χ0n) is 14.6. The first-order valence-corrected chi connectivity index (χ1v) is 9.53. The summed E-state index contributed by atoms with van der Waals surface area (Å²) in [6.45, 7) is 0. The number of aromatic carboxylic acids is 1. The van der Waals surface area contributed by atoms with Gasteiger partial charge in [0.2, 0.25) is 5.88 Å². The van der Waals surface area contributed by atoms with Crippen molar-refractivity contribution in [3.63, 3.8) is 0 Å². The van der Waals surface area contributed by atoms with Crippen LogP contribution < -0.4 is 5.56 Å². The molecule has 0 radical (unpaired) electrons. The largest absolute Gasteiger partial charge is 0.494 e. The van der Waals surface area contributed by atoms with Gasteiger partial charge < -0.3 is 10.2 Å². The lowest BCUT2D eigenvalue weighted by Crippen LogP contribution is -2.16. The normalized spacial score (nSPS) is 13.6. The minimum absolute atomic E-state index is 0.00943. The molecule has 0 unspecified atom stereocenters. The van der Waals surface area contributed by atoms with Crippen LogP contribution in [0.15, 0.2) is 56.7 Å². The van der Waals surface area contributed by atoms with Gasteiger partial charge in [0.25, 0.3) is 5.56 Å². The van der Waals surface area contributed by atoms with Crippen LogP contribution in [0.4, 0.5) is 5.69 Å². The Balaban J connectivity index is 1.87. The van der Waals surface area contributed by atoms with E-state index in [1.807, 2.05) is 18.2 Å². The van der Waals surface area contributed by atoms with Crippen LogP contribution in [0.5, 0.6) is 5.88 Å². The van der Waals surface area contributed by atoms with Crippen LogP contribution in [0.2, 0.25) is 0 Å². The quantitative estimate of drug-likeness (QED) is 0.495. The number of hydrogen-bond donors (Lipinski definition) is 3. The fourth-order valence-corrected chi connectivity index (χ4v) is 3.64. The van der Waals surface area contributed by atoms with Gasteiger partial charge in [-0.3, -0.25) is 19.3 Å². The van der Waals surface area contributed by atoms with E-state index in [-0.39, 0.29) is 21.8 Å². The van der Waals surface area contributed by atoms with Gasteiger partial charge in [0.15, 0.2) is 4.77 Å². The fourth-order valence-electron chi connectivity index (χ4n) is 2.99. The molecule has 1 aliphatic heterocycles. The smallest absolute Gasteiger partial charge is 0.335 e. The van der Waals surface area contributed by atoms with Crippen LogP contribution in [0.1, 0.15) is 21.5 Å². The number of fused-ring (bicyclic) bond motifs is 1. The van der Waals surface area contributed by atoms with Crippen LogP contribution >= 0.6 is 28.1 Å². The zero-order chi connectivity index (χ0) is 20.7. The number of rotatable bonds is 3. The Bertz CT molecular complexity index is 1340. The Morgan fingerprint density at radius 1 is 1.21 bits per heavy atom. The predicted octanol–water partition coefficient (Wildman–Crippen LogP) is 4.32. The van der Waals surface area contributed by atoms with Gasteiger partial charge in [0, 0.05) is 21.8 Å². The van der Waals surface area contributed by atoms with E-state index in [2.05, 4.69) is 25.9 Å². The van der Waals surface area contributed by atoms with E-state index in [0.717, 1.165) is 15.7 Å². The lowest BCUT2D eigenvalue weighted by Gasteiger charge is -2.12. The van der Waals surface area contributed by atoms with Crippen molar-refractivity contribution in [2.45, 2.75) is 0 Å². The van der Waals surface area contributed by atoms with Crippen molar-refractivity contribution in [2.24, 2.45) is 4.99 Å². The standard InChI is InChI=1S/C20H12BrN3O4S/c21-12-3-6-16-14(8-12)11(9-22-16)7-15-17(25)23-20(29)24(18(15)26)13-4-1-10(2-5-13)19(27)28/h1-9,26H,(H,27,28)(H,23,25,29). The summed E-state index contributed by atoms with van der Waals surface area (Å²) < 4.78 is 2.11. The highest BCUT2D eigenvalue weighted by molar-refractivity contribution is 9.10. The minimum atomic E-state index is -1.07. The number of nitrogens with one attached hydrogen (secondary N) is 1. The predicted molar refractivity (Wildman–Crippen MR) is 116 cm³/mol. The van der Waals surface area contributed by atoms with Gasteiger partial charge in [-0.05, 0) is 60.8 Å². The number of aliphatic imine (C=N–C) groups is 1. The van der Waals surface area contributed by atoms with Crippen LogP contribution in [0.25, 0.3) is 17.3 Å². The summed E-state index contributed by atoms with van der Waals surface area (Å²) in [5.41, 5.74) is 2.20. The Labute approximate surface area is 177 Å². The van der Waals surface area contributed by atoms with Crippen molar-refractivity contribution in [3.8, 4) is 11.6 Å². The number of H-pyrrole nitrogens is 1. The molecule has 0 spiro atoms. The molecule has 29 heavy (non-hydrogen) atoms. The molecule has 0 aliphatic carbocycles. The van der Waals surface area contributed by atoms with E-state index in [1.165, 1.54) is 34.9 Å². The van der Waals surface area contributed by atoms with Gasteiger partial charge in [-0.25, -0.2) is 4.79 Å². The summed E-state index contributed by atoms with van der Waals surface area (Å²) in [5.74, 6) is -1.42. The number of benzene rings is 2. The van der Waals surface area contributed by atoms with E-state index in [1.54, 1.807) is 6.21 Å². The summed E-state index contributed by atoms with van der Waals surface area (Å²) in [5, 5.41) is 19.9. The number of hydrogen-bond acceptors (Lipinski definition) is 5. The van der Waals surface area contributed by atoms with Gasteiger partial charge in [-0.1, -0.05) is 15.9 Å². The Morgan fingerprint density at radius 3 is 2.62 bits per heavy atom. The molecule has 3 N–H and O–H groups in total. The van der Waals surface area contributed by atoms with Crippen LogP contribution in [-0.4, -0.2) is 31.9 Å². The number of nitrogens with zero attached hydrogens (tertiary/aromatic N) is 2. The third kappa shape index (κ3) is 3.45. The van der Waals surface area contributed by atoms with Crippen LogP contribution in [0, 0.1) is 4.77 Å². The highest BCUT2D eigenvalue weighted by Gasteiger charge is 2.17. The molecular formula is C20H12BrN3O4S. The van der Waals surface area contributed by atoms with Crippen molar-refractivity contribution in [1.29, 1.82) is 0 Å². The van der Waals surface area contributed by atoms with E-state index in [0.29, 0.717) is 11.3 Å². The van der Waals surface area contributed by atoms with E-state index in [9.17, 15) is 14.7 Å². The molecule has 3 aromatic rings. The summed E-state index contributed by atoms with van der Waals surface area (Å²) >= 11 is 8.61. The topological polar surface area (TPSA) is 108 Å². The number of aromatic hydroxyl groups is 1. The molecule has 0 saturated carbocycles. The molecule has 144 valence electrons. The molecule has 0 bridgehead atoms. The van der Waals surface area contributed by atoms with Crippen LogP contribution in [-0.2, 0) is 0 Å². The van der Waals surface area contributed by atoms with Gasteiger partial charge in [0.05, 0.1) is 16.9 Å². The second kappa shape index (κ2) is 7.26. The molecule has 2 aromatic carbocycles. The third-order valence-corrected chi connectivity index (χ3v) is 5.18. The molecule has 9 heteroatoms. The van der Waals surface area contributed by atoms with Gasteiger partial charge in [-0.15, -0.1) is 0 Å². The van der Waals surface area contributed by atoms with Crippen molar-refractivity contribution in [3.05, 3.63) is 78.8 Å². The summed E-state index contributed by atoms with van der Waals surface area (Å²) in [7, 11) is 0. The number of allylic oxidation sites excluding steroid dienone is 1. The summed E-state index contributed by atoms with van der Waals surface area (Å²) in [6.07, 6.45) is 3.15. The monoisotopic (exact) mass is 469 g/mol. The number of aromatic amines is 1. The molecule has 4 rings (SSSR count). The molecule has 0 fully saturated rings. The molecule has 0 saturated heterocycles. The van der Waals surface area contributed by atoms with Gasteiger partial charge in [0.1, 0.15) is 5.56 Å². The maximum atomic E-state index is 12.5. The molecule has 0 atom stereocenters. The second-order valence-corrected chi connectivity index (χ2v) is 7.51.